The smallest absolute Gasteiger partial charge is 0.191 e. The summed E-state index contributed by atoms with van der Waals surface area (Å²) in [6.45, 7) is 2.02. The molecule has 0 unspecified atom stereocenters. The lowest BCUT2D eigenvalue weighted by Crippen LogP contribution is -2.02. The molecule has 0 spiro atoms. The van der Waals surface area contributed by atoms with E-state index in [2.05, 4.69) is 15.0 Å². The average Bonchev–Trinajstić information content (AvgIpc) is 3.58. The number of benzene rings is 2. The number of methoxy groups -OCH3 is 1. The zero-order valence-corrected chi connectivity index (χ0v) is 17.7. The van der Waals surface area contributed by atoms with Crippen LogP contribution < -0.4 is 18.9 Å². The topological polar surface area (TPSA) is 83.6 Å². The molecule has 4 heterocycles. The molecule has 6 rings (SSSR count). The van der Waals surface area contributed by atoms with Crippen LogP contribution in [0.1, 0.15) is 16.7 Å². The number of aromatic nitrogens is 3. The van der Waals surface area contributed by atoms with E-state index in [0.29, 0.717) is 31.2 Å². The number of anilines is 1. The lowest BCUT2D eigenvalue weighted by atomic mass is 10.0. The molecule has 0 saturated carbocycles. The molecule has 158 valence electrons. The van der Waals surface area contributed by atoms with Gasteiger partial charge in [0.05, 0.1) is 31.8 Å². The zero-order valence-electron chi connectivity index (χ0n) is 16.9. The maximum atomic E-state index is 6.00. The third kappa shape index (κ3) is 3.16. The van der Waals surface area contributed by atoms with Gasteiger partial charge in [0.2, 0.25) is 0 Å². The lowest BCUT2D eigenvalue weighted by Gasteiger charge is -2.11. The highest BCUT2D eigenvalue weighted by atomic mass is 32.2. The molecule has 0 radical (unpaired) electrons. The fourth-order valence-corrected chi connectivity index (χ4v) is 4.91. The van der Waals surface area contributed by atoms with E-state index in [0.717, 1.165) is 45.9 Å². The van der Waals surface area contributed by atoms with Gasteiger partial charge in [-0.15, -0.1) is 0 Å². The van der Waals surface area contributed by atoms with E-state index in [9.17, 15) is 0 Å². The highest BCUT2D eigenvalue weighted by molar-refractivity contribution is 8.00. The van der Waals surface area contributed by atoms with E-state index < -0.39 is 0 Å². The second-order valence-corrected chi connectivity index (χ2v) is 8.31. The SMILES string of the molecule is COc1cc2c(cc1SNc1noc3cc(Cn4cccn4)c4c(c13)OCC4)OCC2. The maximum absolute atomic E-state index is 6.00. The molecule has 0 amide bonds. The van der Waals surface area contributed by atoms with Crippen LogP contribution in [0, 0.1) is 0 Å². The van der Waals surface area contributed by atoms with Crippen LogP contribution in [0.25, 0.3) is 11.0 Å². The number of hydrogen-bond acceptors (Lipinski definition) is 8. The van der Waals surface area contributed by atoms with Gasteiger partial charge in [0.25, 0.3) is 0 Å². The molecule has 8 nitrogen and oxygen atoms in total. The number of hydrogen-bond donors (Lipinski definition) is 1. The van der Waals surface area contributed by atoms with Gasteiger partial charge < -0.3 is 23.5 Å². The summed E-state index contributed by atoms with van der Waals surface area (Å²) in [5.41, 5.74) is 4.18. The van der Waals surface area contributed by atoms with Crippen LogP contribution in [0.2, 0.25) is 0 Å². The Morgan fingerprint density at radius 3 is 3.00 bits per heavy atom. The first-order chi connectivity index (χ1) is 15.3. The van der Waals surface area contributed by atoms with Crippen molar-refractivity contribution in [2.45, 2.75) is 24.3 Å². The third-order valence-electron chi connectivity index (χ3n) is 5.64. The van der Waals surface area contributed by atoms with Gasteiger partial charge >= 0.3 is 0 Å². The Hall–Kier alpha value is -3.33. The van der Waals surface area contributed by atoms with E-state index in [-0.39, 0.29) is 0 Å². The van der Waals surface area contributed by atoms with Crippen molar-refractivity contribution < 1.29 is 18.7 Å². The Labute approximate surface area is 182 Å². The summed E-state index contributed by atoms with van der Waals surface area (Å²) in [7, 11) is 1.68. The Bertz CT molecular complexity index is 1270. The van der Waals surface area contributed by atoms with Crippen LogP contribution in [0.4, 0.5) is 5.82 Å². The summed E-state index contributed by atoms with van der Waals surface area (Å²) in [6, 6.07) is 8.00. The van der Waals surface area contributed by atoms with Gasteiger partial charge in [0.15, 0.2) is 11.4 Å². The summed E-state index contributed by atoms with van der Waals surface area (Å²) < 4.78 is 28.2. The monoisotopic (exact) mass is 436 g/mol. The van der Waals surface area contributed by atoms with Crippen molar-refractivity contribution in [3.8, 4) is 17.2 Å². The van der Waals surface area contributed by atoms with Gasteiger partial charge in [-0.25, -0.2) is 0 Å². The lowest BCUT2D eigenvalue weighted by molar-refractivity contribution is 0.355. The van der Waals surface area contributed by atoms with E-state index in [1.54, 1.807) is 13.3 Å². The maximum Gasteiger partial charge on any atom is 0.191 e. The first kappa shape index (κ1) is 18.4. The normalized spacial score (nSPS) is 14.2. The van der Waals surface area contributed by atoms with Crippen LogP contribution in [0.5, 0.6) is 17.2 Å². The average molecular weight is 436 g/mol. The number of nitrogens with zero attached hydrogens (tertiary/aromatic N) is 3. The van der Waals surface area contributed by atoms with Gasteiger partial charge in [-0.3, -0.25) is 4.68 Å². The molecule has 0 atom stereocenters. The molecule has 2 aliphatic heterocycles. The van der Waals surface area contributed by atoms with Gasteiger partial charge in [-0.05, 0) is 41.8 Å². The largest absolute Gasteiger partial charge is 0.496 e. The fourth-order valence-electron chi connectivity index (χ4n) is 4.16. The summed E-state index contributed by atoms with van der Waals surface area (Å²) in [5.74, 6) is 3.18. The summed E-state index contributed by atoms with van der Waals surface area (Å²) >= 11 is 1.42. The summed E-state index contributed by atoms with van der Waals surface area (Å²) in [5, 5.41) is 9.45. The van der Waals surface area contributed by atoms with Crippen LogP contribution in [0.15, 0.2) is 46.1 Å². The molecule has 2 aromatic heterocycles. The second-order valence-electron chi connectivity index (χ2n) is 7.46. The Kier molecular flexibility index (Phi) is 4.41. The molecule has 0 bridgehead atoms. The predicted molar refractivity (Wildman–Crippen MR) is 116 cm³/mol. The second kappa shape index (κ2) is 7.42. The standard InChI is InChI=1S/C22H20N4O4S/c1-27-17-9-13-3-7-28-16(13)11-19(17)31-25-22-20-18(30-24-22)10-14(12-26-6-2-5-23-26)15-4-8-29-21(15)20/h2,5-6,9-11H,3-4,7-8,12H2,1H3,(H,24,25). The third-order valence-corrected chi connectivity index (χ3v) is 6.47. The zero-order chi connectivity index (χ0) is 20.8. The minimum atomic E-state index is 0.632. The Morgan fingerprint density at radius 2 is 2.13 bits per heavy atom. The minimum Gasteiger partial charge on any atom is -0.496 e. The first-order valence-corrected chi connectivity index (χ1v) is 10.9. The molecule has 2 aliphatic rings. The molecule has 0 fully saturated rings. The molecule has 4 aromatic rings. The van der Waals surface area contributed by atoms with Crippen LogP contribution in [-0.2, 0) is 19.4 Å². The molecule has 31 heavy (non-hydrogen) atoms. The molecular weight excluding hydrogens is 416 g/mol. The minimum absolute atomic E-state index is 0.632. The fraction of sp³-hybridized carbons (Fsp3) is 0.273. The van der Waals surface area contributed by atoms with Crippen molar-refractivity contribution in [2.75, 3.05) is 25.0 Å². The van der Waals surface area contributed by atoms with Gasteiger partial charge in [0, 0.05) is 36.4 Å². The van der Waals surface area contributed by atoms with Crippen molar-refractivity contribution in [3.05, 3.63) is 53.3 Å². The van der Waals surface area contributed by atoms with Crippen LogP contribution in [-0.4, -0.2) is 35.3 Å². The van der Waals surface area contributed by atoms with Crippen molar-refractivity contribution in [1.82, 2.24) is 14.9 Å². The van der Waals surface area contributed by atoms with Crippen molar-refractivity contribution in [1.29, 1.82) is 0 Å². The van der Waals surface area contributed by atoms with E-state index in [1.165, 1.54) is 23.1 Å². The van der Waals surface area contributed by atoms with Crippen molar-refractivity contribution >= 4 is 28.7 Å². The van der Waals surface area contributed by atoms with E-state index in [1.807, 2.05) is 35.1 Å². The predicted octanol–water partition coefficient (Wildman–Crippen LogP) is 4.07. The molecule has 9 heteroatoms. The molecule has 0 saturated heterocycles. The van der Waals surface area contributed by atoms with Crippen molar-refractivity contribution in [2.24, 2.45) is 0 Å². The van der Waals surface area contributed by atoms with Gasteiger partial charge in [-0.1, -0.05) is 5.16 Å². The first-order valence-electron chi connectivity index (χ1n) is 10.1. The molecular formula is C22H20N4O4S. The van der Waals surface area contributed by atoms with E-state index in [4.69, 9.17) is 18.7 Å². The highest BCUT2D eigenvalue weighted by Gasteiger charge is 2.26. The number of fused-ring (bicyclic) bond motifs is 4. The molecule has 1 N–H and O–H groups in total. The summed E-state index contributed by atoms with van der Waals surface area (Å²) in [4.78, 5) is 0.923. The number of ether oxygens (including phenoxy) is 3. The number of nitrogens with one attached hydrogen (secondary N) is 1. The summed E-state index contributed by atoms with van der Waals surface area (Å²) in [6.07, 6.45) is 5.49. The quantitative estimate of drug-likeness (QED) is 0.453. The van der Waals surface area contributed by atoms with Gasteiger partial charge in [0.1, 0.15) is 22.6 Å². The van der Waals surface area contributed by atoms with Crippen molar-refractivity contribution in [3.63, 3.8) is 0 Å². The van der Waals surface area contributed by atoms with Crippen LogP contribution >= 0.6 is 11.9 Å². The Morgan fingerprint density at radius 1 is 1.19 bits per heavy atom. The van der Waals surface area contributed by atoms with E-state index >= 15 is 0 Å². The van der Waals surface area contributed by atoms with Crippen LogP contribution in [0.3, 0.4) is 0 Å². The number of rotatable bonds is 6. The molecule has 0 aliphatic carbocycles. The Balaban J connectivity index is 1.33. The van der Waals surface area contributed by atoms with Gasteiger partial charge in [-0.2, -0.15) is 5.10 Å². The highest BCUT2D eigenvalue weighted by Crippen LogP contribution is 2.43. The molecule has 2 aromatic carbocycles.